The zero-order valence-corrected chi connectivity index (χ0v) is 15.0. The van der Waals surface area contributed by atoms with E-state index in [0.717, 1.165) is 19.3 Å². The molecular weight excluding hydrogens is 256 g/mol. The Balaban J connectivity index is 2.86. The van der Waals surface area contributed by atoms with Crippen LogP contribution < -0.4 is 0 Å². The van der Waals surface area contributed by atoms with E-state index in [2.05, 4.69) is 48.5 Å². The lowest BCUT2D eigenvalue weighted by Gasteiger charge is -2.36. The van der Waals surface area contributed by atoms with Crippen LogP contribution in [0.3, 0.4) is 0 Å². The summed E-state index contributed by atoms with van der Waals surface area (Å²) < 4.78 is 0. The first-order valence-corrected chi connectivity index (χ1v) is 8.49. The number of fused-ring (bicyclic) bond motifs is 1. The van der Waals surface area contributed by atoms with Gasteiger partial charge in [0.15, 0.2) is 0 Å². The van der Waals surface area contributed by atoms with Gasteiger partial charge < -0.3 is 5.11 Å². The highest BCUT2D eigenvalue weighted by Gasteiger charge is 2.33. The molecule has 1 aliphatic carbocycles. The summed E-state index contributed by atoms with van der Waals surface area (Å²) in [5.74, 6) is 0.588. The summed E-state index contributed by atoms with van der Waals surface area (Å²) in [6, 6.07) is 0. The van der Waals surface area contributed by atoms with Gasteiger partial charge in [-0.1, -0.05) is 41.5 Å². The van der Waals surface area contributed by atoms with E-state index >= 15 is 0 Å². The molecule has 1 heteroatoms. The fourth-order valence-corrected chi connectivity index (χ4v) is 4.13. The van der Waals surface area contributed by atoms with Crippen molar-refractivity contribution in [2.45, 2.75) is 91.4 Å². The maximum atomic E-state index is 10.9. The van der Waals surface area contributed by atoms with E-state index < -0.39 is 0 Å². The van der Waals surface area contributed by atoms with Crippen LogP contribution >= 0.6 is 0 Å². The van der Waals surface area contributed by atoms with Crippen molar-refractivity contribution in [3.8, 4) is 5.75 Å². The van der Waals surface area contributed by atoms with Crippen LogP contribution in [-0.4, -0.2) is 5.11 Å². The van der Waals surface area contributed by atoms with E-state index in [9.17, 15) is 5.11 Å². The molecule has 2 rings (SSSR count). The molecule has 0 unspecified atom stereocenters. The van der Waals surface area contributed by atoms with Gasteiger partial charge in [-0.2, -0.15) is 0 Å². The second kappa shape index (κ2) is 5.34. The van der Waals surface area contributed by atoms with E-state index in [4.69, 9.17) is 0 Å². The molecule has 0 saturated heterocycles. The second-order valence-corrected chi connectivity index (χ2v) is 8.38. The molecule has 1 nitrogen and oxygen atoms in total. The largest absolute Gasteiger partial charge is 0.507 e. The first-order chi connectivity index (χ1) is 9.61. The summed E-state index contributed by atoms with van der Waals surface area (Å²) in [6.07, 6.45) is 5.77. The van der Waals surface area contributed by atoms with Crippen molar-refractivity contribution in [1.82, 2.24) is 0 Å². The molecular formula is C20H32O. The Morgan fingerprint density at radius 1 is 0.905 bits per heavy atom. The standard InChI is InChI=1S/C20H32O/c1-8-20(6,7)16-13(2)17(19(3,4)5)18(21)15-12-10-9-11-14(15)16/h21H,8-12H2,1-7H3. The molecule has 1 N–H and O–H groups in total. The third-order valence-corrected chi connectivity index (χ3v) is 5.35. The molecule has 0 amide bonds. The van der Waals surface area contributed by atoms with Crippen molar-refractivity contribution in [2.75, 3.05) is 0 Å². The lowest BCUT2D eigenvalue weighted by atomic mass is 9.68. The predicted molar refractivity (Wildman–Crippen MR) is 91.5 cm³/mol. The molecule has 0 radical (unpaired) electrons. The maximum absolute atomic E-state index is 10.9. The number of hydrogen-bond donors (Lipinski definition) is 1. The summed E-state index contributed by atoms with van der Waals surface area (Å²) in [5, 5.41) is 10.9. The molecule has 0 aliphatic heterocycles. The zero-order chi connectivity index (χ0) is 16.0. The highest BCUT2D eigenvalue weighted by molar-refractivity contribution is 5.59. The van der Waals surface area contributed by atoms with Gasteiger partial charge in [0, 0.05) is 5.56 Å². The third-order valence-electron chi connectivity index (χ3n) is 5.35. The Morgan fingerprint density at radius 2 is 1.43 bits per heavy atom. The number of rotatable bonds is 2. The van der Waals surface area contributed by atoms with E-state index in [1.807, 2.05) is 0 Å². The number of hydrogen-bond acceptors (Lipinski definition) is 1. The Labute approximate surface area is 130 Å². The van der Waals surface area contributed by atoms with Crippen molar-refractivity contribution in [2.24, 2.45) is 0 Å². The quantitative estimate of drug-likeness (QED) is 0.755. The molecule has 0 bridgehead atoms. The molecule has 21 heavy (non-hydrogen) atoms. The van der Waals surface area contributed by atoms with Gasteiger partial charge in [0.25, 0.3) is 0 Å². The van der Waals surface area contributed by atoms with Crippen LogP contribution in [0.1, 0.15) is 88.6 Å². The van der Waals surface area contributed by atoms with Crippen molar-refractivity contribution >= 4 is 0 Å². The molecule has 0 aromatic heterocycles. The normalized spacial score (nSPS) is 16.0. The lowest BCUT2D eigenvalue weighted by Crippen LogP contribution is -2.26. The first-order valence-electron chi connectivity index (χ1n) is 8.49. The Kier molecular flexibility index (Phi) is 4.17. The Bertz CT molecular complexity index is 544. The third kappa shape index (κ3) is 2.72. The number of aromatic hydroxyl groups is 1. The average molecular weight is 288 g/mol. The summed E-state index contributed by atoms with van der Waals surface area (Å²) in [6.45, 7) is 15.9. The van der Waals surface area contributed by atoms with Crippen LogP contribution in [0.15, 0.2) is 0 Å². The molecule has 0 fully saturated rings. The first kappa shape index (κ1) is 16.4. The van der Waals surface area contributed by atoms with Gasteiger partial charge in [-0.05, 0) is 72.1 Å². The van der Waals surface area contributed by atoms with E-state index in [-0.39, 0.29) is 10.8 Å². The topological polar surface area (TPSA) is 20.2 Å². The van der Waals surface area contributed by atoms with E-state index in [1.165, 1.54) is 40.7 Å². The van der Waals surface area contributed by atoms with Gasteiger partial charge in [0.05, 0.1) is 0 Å². The SMILES string of the molecule is CCC(C)(C)c1c(C)c(C(C)(C)C)c(O)c2c1CCCC2. The molecule has 1 aliphatic rings. The second-order valence-electron chi connectivity index (χ2n) is 8.38. The average Bonchev–Trinajstić information content (AvgIpc) is 2.37. The van der Waals surface area contributed by atoms with Crippen LogP contribution in [0.5, 0.6) is 5.75 Å². The predicted octanol–water partition coefficient (Wildman–Crippen LogP) is 5.56. The number of benzene rings is 1. The molecule has 0 atom stereocenters. The highest BCUT2D eigenvalue weighted by atomic mass is 16.3. The van der Waals surface area contributed by atoms with Crippen LogP contribution in [0.25, 0.3) is 0 Å². The molecule has 118 valence electrons. The van der Waals surface area contributed by atoms with E-state index in [1.54, 1.807) is 0 Å². The van der Waals surface area contributed by atoms with Gasteiger partial charge in [-0.25, -0.2) is 0 Å². The maximum Gasteiger partial charge on any atom is 0.123 e. The van der Waals surface area contributed by atoms with Crippen molar-refractivity contribution in [3.63, 3.8) is 0 Å². The fourth-order valence-electron chi connectivity index (χ4n) is 4.13. The lowest BCUT2D eigenvalue weighted by molar-refractivity contribution is 0.425. The fraction of sp³-hybridized carbons (Fsp3) is 0.700. The molecule has 1 aromatic rings. The van der Waals surface area contributed by atoms with Gasteiger partial charge in [-0.15, -0.1) is 0 Å². The van der Waals surface area contributed by atoms with Crippen molar-refractivity contribution in [3.05, 3.63) is 27.8 Å². The van der Waals surface area contributed by atoms with Gasteiger partial charge in [0.1, 0.15) is 5.75 Å². The minimum atomic E-state index is -0.0147. The number of phenolic OH excluding ortho intramolecular Hbond substituents is 1. The van der Waals surface area contributed by atoms with Crippen molar-refractivity contribution < 1.29 is 5.11 Å². The minimum absolute atomic E-state index is 0.0147. The van der Waals surface area contributed by atoms with Crippen LogP contribution in [0.2, 0.25) is 0 Å². The van der Waals surface area contributed by atoms with Gasteiger partial charge in [0.2, 0.25) is 0 Å². The smallest absolute Gasteiger partial charge is 0.123 e. The van der Waals surface area contributed by atoms with Crippen LogP contribution in [0, 0.1) is 6.92 Å². The summed E-state index contributed by atoms with van der Waals surface area (Å²) in [5.41, 5.74) is 6.87. The molecule has 0 heterocycles. The van der Waals surface area contributed by atoms with Crippen molar-refractivity contribution in [1.29, 1.82) is 0 Å². The summed E-state index contributed by atoms with van der Waals surface area (Å²) in [4.78, 5) is 0. The number of phenols is 1. The zero-order valence-electron chi connectivity index (χ0n) is 15.0. The van der Waals surface area contributed by atoms with Crippen LogP contribution in [0.4, 0.5) is 0 Å². The Hall–Kier alpha value is -0.980. The van der Waals surface area contributed by atoms with E-state index in [0.29, 0.717) is 5.75 Å². The van der Waals surface area contributed by atoms with Crippen LogP contribution in [-0.2, 0) is 23.7 Å². The van der Waals surface area contributed by atoms with Gasteiger partial charge in [-0.3, -0.25) is 0 Å². The highest BCUT2D eigenvalue weighted by Crippen LogP contribution is 2.46. The monoisotopic (exact) mass is 288 g/mol. The summed E-state index contributed by atoms with van der Waals surface area (Å²) in [7, 11) is 0. The summed E-state index contributed by atoms with van der Waals surface area (Å²) >= 11 is 0. The molecule has 0 saturated carbocycles. The van der Waals surface area contributed by atoms with Gasteiger partial charge >= 0.3 is 0 Å². The minimum Gasteiger partial charge on any atom is -0.507 e. The molecule has 0 spiro atoms. The molecule has 1 aromatic carbocycles. The Morgan fingerprint density at radius 3 is 1.90 bits per heavy atom.